The number of nitrogens with zero attached hydrogens (tertiary/aromatic N) is 1. The standard InChI is InChI=1S/C32H45FN2O5Si2/c1-30(2,3)41(8,9)40-27-26(33)28(35-21-20-25(36)34-29(35)37)39-32(27,7)22-38-42(31(4,5)6,23-16-12-10-13-17-23)24-18-14-11-15-19-24/h10-21,26-28H,22H2,1-9H3,(H,34,36,37)/t26-,27+,28?,32-/m1/s1. The minimum Gasteiger partial charge on any atom is -0.408 e. The number of halogens is 1. The average Bonchev–Trinajstić information content (AvgIpc) is 3.14. The van der Waals surface area contributed by atoms with Crippen LogP contribution in [0.4, 0.5) is 4.39 Å². The smallest absolute Gasteiger partial charge is 0.330 e. The van der Waals surface area contributed by atoms with Crippen molar-refractivity contribution in [1.82, 2.24) is 9.55 Å². The lowest BCUT2D eigenvalue weighted by atomic mass is 9.99. The summed E-state index contributed by atoms with van der Waals surface area (Å²) in [6.45, 7) is 18.8. The number of nitrogens with one attached hydrogen (secondary N) is 1. The molecule has 0 aliphatic carbocycles. The number of H-pyrrole nitrogens is 1. The maximum absolute atomic E-state index is 16.6. The molecule has 1 saturated heterocycles. The zero-order valence-corrected chi connectivity index (χ0v) is 28.2. The summed E-state index contributed by atoms with van der Waals surface area (Å²) in [5.74, 6) is 0. The Hall–Kier alpha value is -2.64. The Balaban J connectivity index is 1.83. The van der Waals surface area contributed by atoms with Crippen molar-refractivity contribution in [1.29, 1.82) is 0 Å². The van der Waals surface area contributed by atoms with E-state index in [0.717, 1.165) is 14.9 Å². The molecule has 0 amide bonds. The summed E-state index contributed by atoms with van der Waals surface area (Å²) in [7, 11) is -5.50. The van der Waals surface area contributed by atoms with Gasteiger partial charge in [-0.3, -0.25) is 14.3 Å². The summed E-state index contributed by atoms with van der Waals surface area (Å²) < 4.78 is 38.1. The number of ether oxygens (including phenoxy) is 1. The molecule has 4 atom stereocenters. The van der Waals surface area contributed by atoms with Gasteiger partial charge in [-0.25, -0.2) is 9.18 Å². The van der Waals surface area contributed by atoms with E-state index in [-0.39, 0.29) is 16.7 Å². The quantitative estimate of drug-likeness (QED) is 0.357. The average molecular weight is 613 g/mol. The van der Waals surface area contributed by atoms with Crippen molar-refractivity contribution in [3.05, 3.63) is 93.8 Å². The van der Waals surface area contributed by atoms with Crippen LogP contribution in [0, 0.1) is 0 Å². The van der Waals surface area contributed by atoms with Gasteiger partial charge in [0, 0.05) is 12.3 Å². The Morgan fingerprint density at radius 1 is 0.905 bits per heavy atom. The van der Waals surface area contributed by atoms with Crippen LogP contribution in [-0.2, 0) is 13.6 Å². The van der Waals surface area contributed by atoms with E-state index in [1.54, 1.807) is 0 Å². The maximum Gasteiger partial charge on any atom is 0.330 e. The molecule has 42 heavy (non-hydrogen) atoms. The van der Waals surface area contributed by atoms with Gasteiger partial charge in [0.1, 0.15) is 11.7 Å². The van der Waals surface area contributed by atoms with Gasteiger partial charge in [0.15, 0.2) is 20.7 Å². The fraction of sp³-hybridized carbons (Fsp3) is 0.500. The van der Waals surface area contributed by atoms with Crippen LogP contribution in [0.2, 0.25) is 23.2 Å². The lowest BCUT2D eigenvalue weighted by Crippen LogP contribution is -2.68. The third-order valence-electron chi connectivity index (χ3n) is 8.90. The first-order valence-corrected chi connectivity index (χ1v) is 19.3. The SMILES string of the molecule is CC(C)(C)[Si](C)(C)O[C@H]1[C@@H](F)C(n2ccc(=O)[nH]c2=O)O[C@]1(C)CO[Si](c1ccccc1)(c1ccccc1)C(C)(C)C. The highest BCUT2D eigenvalue weighted by Crippen LogP contribution is 2.47. The fourth-order valence-electron chi connectivity index (χ4n) is 5.55. The molecule has 228 valence electrons. The second kappa shape index (κ2) is 11.5. The van der Waals surface area contributed by atoms with E-state index >= 15 is 4.39 Å². The van der Waals surface area contributed by atoms with E-state index in [9.17, 15) is 9.59 Å². The maximum atomic E-state index is 16.6. The summed E-state index contributed by atoms with van der Waals surface area (Å²) in [5.41, 5.74) is -2.54. The molecule has 2 aromatic carbocycles. The van der Waals surface area contributed by atoms with E-state index in [0.29, 0.717) is 0 Å². The number of hydrogen-bond acceptors (Lipinski definition) is 5. The number of benzene rings is 2. The van der Waals surface area contributed by atoms with E-state index in [1.165, 1.54) is 12.3 Å². The predicted octanol–water partition coefficient (Wildman–Crippen LogP) is 5.13. The van der Waals surface area contributed by atoms with Gasteiger partial charge in [-0.05, 0) is 40.5 Å². The van der Waals surface area contributed by atoms with Crippen LogP contribution in [0.1, 0.15) is 54.7 Å². The second-order valence-electron chi connectivity index (χ2n) is 14.0. The Morgan fingerprint density at radius 2 is 1.43 bits per heavy atom. The van der Waals surface area contributed by atoms with Crippen molar-refractivity contribution in [2.24, 2.45) is 0 Å². The largest absolute Gasteiger partial charge is 0.408 e. The molecule has 0 spiro atoms. The summed E-state index contributed by atoms with van der Waals surface area (Å²) in [4.78, 5) is 26.7. The highest BCUT2D eigenvalue weighted by atomic mass is 28.4. The van der Waals surface area contributed by atoms with Crippen LogP contribution in [0.3, 0.4) is 0 Å². The fourth-order valence-corrected chi connectivity index (χ4v) is 11.6. The van der Waals surface area contributed by atoms with Crippen LogP contribution in [0.5, 0.6) is 0 Å². The first-order valence-electron chi connectivity index (χ1n) is 14.5. The highest BCUT2D eigenvalue weighted by molar-refractivity contribution is 6.99. The summed E-state index contributed by atoms with van der Waals surface area (Å²) in [6, 6.07) is 21.6. The molecule has 1 unspecified atom stereocenters. The van der Waals surface area contributed by atoms with Gasteiger partial charge >= 0.3 is 5.69 Å². The number of hydrogen-bond donors (Lipinski definition) is 1. The third-order valence-corrected chi connectivity index (χ3v) is 18.3. The Bertz CT molecular complexity index is 1440. The molecule has 1 fully saturated rings. The minimum atomic E-state index is -2.99. The summed E-state index contributed by atoms with van der Waals surface area (Å²) in [6.07, 6.45) is -2.72. The van der Waals surface area contributed by atoms with Crippen LogP contribution >= 0.6 is 0 Å². The molecule has 3 aromatic rings. The molecule has 1 aliphatic rings. The number of alkyl halides is 1. The van der Waals surface area contributed by atoms with Crippen molar-refractivity contribution in [2.75, 3.05) is 6.61 Å². The summed E-state index contributed by atoms with van der Waals surface area (Å²) >= 11 is 0. The number of aromatic amines is 1. The molecule has 10 heteroatoms. The minimum absolute atomic E-state index is 0.0363. The molecule has 1 aromatic heterocycles. The van der Waals surface area contributed by atoms with Gasteiger partial charge in [-0.15, -0.1) is 0 Å². The van der Waals surface area contributed by atoms with Gasteiger partial charge in [-0.1, -0.05) is 102 Å². The lowest BCUT2D eigenvalue weighted by Gasteiger charge is -2.46. The molecule has 2 heterocycles. The molecule has 4 rings (SSSR count). The number of rotatable bonds is 8. The first kappa shape index (κ1) is 32.3. The van der Waals surface area contributed by atoms with Crippen LogP contribution in [0.25, 0.3) is 0 Å². The number of aromatic nitrogens is 2. The molecule has 7 nitrogen and oxygen atoms in total. The molecular formula is C32H45FN2O5Si2. The molecule has 0 radical (unpaired) electrons. The van der Waals surface area contributed by atoms with Crippen LogP contribution in [-0.4, -0.2) is 50.7 Å². The zero-order valence-electron chi connectivity index (χ0n) is 26.2. The predicted molar refractivity (Wildman–Crippen MR) is 170 cm³/mol. The van der Waals surface area contributed by atoms with Gasteiger partial charge in [0.05, 0.1) is 6.61 Å². The zero-order chi connectivity index (χ0) is 31.1. The van der Waals surface area contributed by atoms with Gasteiger partial charge in [-0.2, -0.15) is 0 Å². The van der Waals surface area contributed by atoms with Crippen LogP contribution in [0.15, 0.2) is 82.5 Å². The molecule has 0 saturated carbocycles. The highest BCUT2D eigenvalue weighted by Gasteiger charge is 2.59. The second-order valence-corrected chi connectivity index (χ2v) is 23.1. The van der Waals surface area contributed by atoms with E-state index in [1.807, 2.05) is 43.3 Å². The van der Waals surface area contributed by atoms with Crippen LogP contribution < -0.4 is 21.6 Å². The van der Waals surface area contributed by atoms with Crippen molar-refractivity contribution in [3.8, 4) is 0 Å². The van der Waals surface area contributed by atoms with Crippen molar-refractivity contribution in [2.45, 2.75) is 95.7 Å². The Labute approximate surface area is 250 Å². The lowest BCUT2D eigenvalue weighted by molar-refractivity contribution is -0.111. The molecule has 0 bridgehead atoms. The van der Waals surface area contributed by atoms with E-state index in [4.69, 9.17) is 13.6 Å². The summed E-state index contributed by atoms with van der Waals surface area (Å²) in [5, 5.41) is 1.69. The van der Waals surface area contributed by atoms with Crippen molar-refractivity contribution >= 4 is 27.0 Å². The topological polar surface area (TPSA) is 82.6 Å². The Kier molecular flexibility index (Phi) is 8.81. The monoisotopic (exact) mass is 612 g/mol. The molecule has 1 aliphatic heterocycles. The van der Waals surface area contributed by atoms with Gasteiger partial charge in [0.2, 0.25) is 0 Å². The Morgan fingerprint density at radius 3 is 1.88 bits per heavy atom. The normalized spacial score (nSPS) is 23.7. The molecule has 1 N–H and O–H groups in total. The van der Waals surface area contributed by atoms with Gasteiger partial charge < -0.3 is 13.6 Å². The van der Waals surface area contributed by atoms with Crippen molar-refractivity contribution < 1.29 is 18.0 Å². The van der Waals surface area contributed by atoms with E-state index < -0.39 is 52.0 Å². The van der Waals surface area contributed by atoms with Gasteiger partial charge in [0.25, 0.3) is 13.9 Å². The van der Waals surface area contributed by atoms with Crippen molar-refractivity contribution in [3.63, 3.8) is 0 Å². The third kappa shape index (κ3) is 5.92. The first-order chi connectivity index (χ1) is 19.4. The molecular weight excluding hydrogens is 568 g/mol. The van der Waals surface area contributed by atoms with E-state index in [2.05, 4.69) is 83.9 Å².